The van der Waals surface area contributed by atoms with Gasteiger partial charge in [-0.2, -0.15) is 0 Å². The van der Waals surface area contributed by atoms with Crippen LogP contribution in [0.1, 0.15) is 52.9 Å². The Bertz CT molecular complexity index is 1700. The van der Waals surface area contributed by atoms with Crippen LogP contribution in [0.15, 0.2) is 103 Å². The molecule has 2 heterocycles. The summed E-state index contributed by atoms with van der Waals surface area (Å²) in [6.07, 6.45) is 8.11. The standard InChI is InChI=1S/C36H34ClN3O2S/c37-34-31-11-4-5-12-32(31)43-35(34)36(42)40(24-26-9-6-10-28(23-26)27-19-21-38-22-20-27)30-16-14-29(15-17-30)39-33(41)18-13-25-7-2-1-3-8-25/h1-12,19-23,29-30H,13-18,24H2,(H,39,41). The summed E-state index contributed by atoms with van der Waals surface area (Å²) in [5.74, 6) is 0.0566. The second kappa shape index (κ2) is 13.5. The highest BCUT2D eigenvalue weighted by atomic mass is 35.5. The Kier molecular flexibility index (Phi) is 9.16. The van der Waals surface area contributed by atoms with Crippen molar-refractivity contribution in [3.05, 3.63) is 124 Å². The minimum atomic E-state index is -0.0316. The Morgan fingerprint density at radius 3 is 2.33 bits per heavy atom. The lowest BCUT2D eigenvalue weighted by atomic mass is 9.89. The van der Waals surface area contributed by atoms with Gasteiger partial charge in [-0.1, -0.05) is 78.3 Å². The third-order valence-electron chi connectivity index (χ3n) is 8.27. The number of hydrogen-bond acceptors (Lipinski definition) is 4. The molecule has 43 heavy (non-hydrogen) atoms. The number of carbonyl (C=O) groups excluding carboxylic acids is 2. The SMILES string of the molecule is O=C(CCc1ccccc1)NC1CCC(N(Cc2cccc(-c3ccncc3)c2)C(=O)c2sc3ccccc3c2Cl)CC1. The monoisotopic (exact) mass is 607 g/mol. The molecule has 3 aromatic carbocycles. The van der Waals surface area contributed by atoms with Crippen LogP contribution in [0.4, 0.5) is 0 Å². The molecular formula is C36H34ClN3O2S. The van der Waals surface area contributed by atoms with Crippen molar-refractivity contribution in [3.63, 3.8) is 0 Å². The maximum Gasteiger partial charge on any atom is 0.266 e. The normalized spacial score (nSPS) is 16.6. The smallest absolute Gasteiger partial charge is 0.266 e. The first-order valence-electron chi connectivity index (χ1n) is 14.9. The van der Waals surface area contributed by atoms with E-state index in [4.69, 9.17) is 11.6 Å². The van der Waals surface area contributed by atoms with Crippen LogP contribution in [0.2, 0.25) is 5.02 Å². The number of fused-ring (bicyclic) bond motifs is 1. The first-order valence-corrected chi connectivity index (χ1v) is 16.1. The number of rotatable bonds is 9. The summed E-state index contributed by atoms with van der Waals surface area (Å²) in [7, 11) is 0. The van der Waals surface area contributed by atoms with Crippen LogP contribution in [-0.2, 0) is 17.8 Å². The van der Waals surface area contributed by atoms with E-state index in [2.05, 4.69) is 40.6 Å². The van der Waals surface area contributed by atoms with E-state index in [0.717, 1.165) is 58.9 Å². The van der Waals surface area contributed by atoms with Gasteiger partial charge in [0, 0.05) is 47.5 Å². The van der Waals surface area contributed by atoms with E-state index in [0.29, 0.717) is 22.9 Å². The topological polar surface area (TPSA) is 62.3 Å². The van der Waals surface area contributed by atoms with Crippen molar-refractivity contribution in [3.8, 4) is 11.1 Å². The van der Waals surface area contributed by atoms with Gasteiger partial charge in [-0.05, 0) is 78.6 Å². The van der Waals surface area contributed by atoms with Crippen molar-refractivity contribution in [1.29, 1.82) is 0 Å². The maximum atomic E-state index is 14.2. The molecule has 1 saturated carbocycles. The van der Waals surface area contributed by atoms with E-state index in [-0.39, 0.29) is 23.9 Å². The fourth-order valence-corrected chi connectivity index (χ4v) is 7.44. The van der Waals surface area contributed by atoms with Crippen molar-refractivity contribution in [2.75, 3.05) is 0 Å². The number of nitrogens with zero attached hydrogens (tertiary/aromatic N) is 2. The first-order chi connectivity index (χ1) is 21.0. The van der Waals surface area contributed by atoms with Crippen molar-refractivity contribution >= 4 is 44.8 Å². The third kappa shape index (κ3) is 6.98. The summed E-state index contributed by atoms with van der Waals surface area (Å²) in [6.45, 7) is 0.487. The molecule has 6 rings (SSSR count). The zero-order valence-corrected chi connectivity index (χ0v) is 25.5. The Labute approximate surface area is 261 Å². The van der Waals surface area contributed by atoms with Gasteiger partial charge in [-0.3, -0.25) is 14.6 Å². The van der Waals surface area contributed by atoms with Gasteiger partial charge in [0.25, 0.3) is 5.91 Å². The van der Waals surface area contributed by atoms with Gasteiger partial charge in [-0.15, -0.1) is 11.3 Å². The van der Waals surface area contributed by atoms with Crippen LogP contribution in [-0.4, -0.2) is 33.8 Å². The average Bonchev–Trinajstić information content (AvgIpc) is 3.40. The molecule has 0 saturated heterocycles. The number of halogens is 1. The Morgan fingerprint density at radius 1 is 0.837 bits per heavy atom. The molecule has 7 heteroatoms. The zero-order chi connectivity index (χ0) is 29.6. The molecule has 1 fully saturated rings. The molecular weight excluding hydrogens is 574 g/mol. The lowest BCUT2D eigenvalue weighted by Gasteiger charge is -2.37. The number of thiophene rings is 1. The highest BCUT2D eigenvalue weighted by Gasteiger charge is 2.32. The van der Waals surface area contributed by atoms with E-state index in [1.165, 1.54) is 16.9 Å². The summed E-state index contributed by atoms with van der Waals surface area (Å²) >= 11 is 8.27. The van der Waals surface area contributed by atoms with Crippen LogP contribution in [0.5, 0.6) is 0 Å². The molecule has 218 valence electrons. The second-order valence-electron chi connectivity index (χ2n) is 11.2. The van der Waals surface area contributed by atoms with Crippen molar-refractivity contribution in [2.24, 2.45) is 0 Å². The Balaban J connectivity index is 1.18. The van der Waals surface area contributed by atoms with Gasteiger partial charge in [0.05, 0.1) is 5.02 Å². The van der Waals surface area contributed by atoms with Crippen molar-refractivity contribution in [2.45, 2.75) is 57.2 Å². The first kappa shape index (κ1) is 29.1. The van der Waals surface area contributed by atoms with Crippen molar-refractivity contribution < 1.29 is 9.59 Å². The number of carbonyl (C=O) groups is 2. The lowest BCUT2D eigenvalue weighted by molar-refractivity contribution is -0.122. The number of benzene rings is 3. The fraction of sp³-hybridized carbons (Fsp3) is 0.250. The van der Waals surface area contributed by atoms with Gasteiger partial charge in [0.2, 0.25) is 5.91 Å². The molecule has 0 bridgehead atoms. The highest BCUT2D eigenvalue weighted by molar-refractivity contribution is 7.21. The van der Waals surface area contributed by atoms with Gasteiger partial charge in [0.15, 0.2) is 0 Å². The summed E-state index contributed by atoms with van der Waals surface area (Å²) < 4.78 is 1.01. The van der Waals surface area contributed by atoms with E-state index in [1.54, 1.807) is 12.4 Å². The van der Waals surface area contributed by atoms with Gasteiger partial charge in [-0.25, -0.2) is 0 Å². The van der Waals surface area contributed by atoms with Crippen LogP contribution in [0, 0.1) is 0 Å². The Morgan fingerprint density at radius 2 is 1.56 bits per heavy atom. The molecule has 0 radical (unpaired) electrons. The number of aromatic nitrogens is 1. The van der Waals surface area contributed by atoms with Crippen LogP contribution >= 0.6 is 22.9 Å². The molecule has 0 atom stereocenters. The van der Waals surface area contributed by atoms with E-state index in [9.17, 15) is 9.59 Å². The molecule has 1 aliphatic rings. The molecule has 0 unspecified atom stereocenters. The lowest BCUT2D eigenvalue weighted by Crippen LogP contribution is -2.46. The van der Waals surface area contributed by atoms with Gasteiger partial charge in [0.1, 0.15) is 4.88 Å². The molecule has 5 aromatic rings. The van der Waals surface area contributed by atoms with Gasteiger partial charge < -0.3 is 10.2 Å². The zero-order valence-electron chi connectivity index (χ0n) is 23.9. The molecule has 2 amide bonds. The van der Waals surface area contributed by atoms with E-state index in [1.807, 2.05) is 65.6 Å². The average molecular weight is 608 g/mol. The summed E-state index contributed by atoms with van der Waals surface area (Å²) in [5, 5.41) is 4.69. The fourth-order valence-electron chi connectivity index (χ4n) is 5.97. The van der Waals surface area contributed by atoms with Crippen molar-refractivity contribution in [1.82, 2.24) is 15.2 Å². The second-order valence-corrected chi connectivity index (χ2v) is 12.6. The molecule has 2 aromatic heterocycles. The highest BCUT2D eigenvalue weighted by Crippen LogP contribution is 2.37. The summed E-state index contributed by atoms with van der Waals surface area (Å²) in [6, 6.07) is 30.5. The van der Waals surface area contributed by atoms with Crippen LogP contribution < -0.4 is 5.32 Å². The van der Waals surface area contributed by atoms with E-state index < -0.39 is 0 Å². The molecule has 1 N–H and O–H groups in total. The van der Waals surface area contributed by atoms with Crippen LogP contribution in [0.3, 0.4) is 0 Å². The molecule has 0 aliphatic heterocycles. The minimum absolute atomic E-state index is 0.0316. The molecule has 0 spiro atoms. The number of hydrogen-bond donors (Lipinski definition) is 1. The molecule has 5 nitrogen and oxygen atoms in total. The maximum absolute atomic E-state index is 14.2. The predicted octanol–water partition coefficient (Wildman–Crippen LogP) is 8.32. The number of pyridine rings is 1. The third-order valence-corrected chi connectivity index (χ3v) is 9.93. The largest absolute Gasteiger partial charge is 0.353 e. The number of aryl methyl sites for hydroxylation is 1. The number of amides is 2. The number of nitrogens with one attached hydrogen (secondary N) is 1. The Hall–Kier alpha value is -4.00. The molecule has 1 aliphatic carbocycles. The summed E-state index contributed by atoms with van der Waals surface area (Å²) in [4.78, 5) is 33.7. The van der Waals surface area contributed by atoms with Crippen LogP contribution in [0.25, 0.3) is 21.2 Å². The quantitative estimate of drug-likeness (QED) is 0.183. The minimum Gasteiger partial charge on any atom is -0.353 e. The van der Waals surface area contributed by atoms with Gasteiger partial charge >= 0.3 is 0 Å². The predicted molar refractivity (Wildman–Crippen MR) is 175 cm³/mol. The summed E-state index contributed by atoms with van der Waals surface area (Å²) in [5.41, 5.74) is 4.42. The van der Waals surface area contributed by atoms with E-state index >= 15 is 0 Å².